The van der Waals surface area contributed by atoms with E-state index in [0.29, 0.717) is 5.49 Å². The van der Waals surface area contributed by atoms with Crippen molar-refractivity contribution in [2.45, 2.75) is 6.92 Å². The number of aromatic nitrogens is 2. The number of para-hydroxylation sites is 1. The normalized spacial score (nSPS) is 10.4. The number of benzene rings is 1. The van der Waals surface area contributed by atoms with Gasteiger partial charge in [0, 0.05) is 18.8 Å². The Labute approximate surface area is 82.7 Å². The van der Waals surface area contributed by atoms with Gasteiger partial charge in [0.2, 0.25) is 0 Å². The van der Waals surface area contributed by atoms with E-state index in [9.17, 15) is 0 Å². The molecule has 3 nitrogen and oxygen atoms in total. The van der Waals surface area contributed by atoms with E-state index in [1.807, 2.05) is 59.7 Å². The van der Waals surface area contributed by atoms with Crippen LogP contribution in [0.2, 0.25) is 0 Å². The molecule has 0 fully saturated rings. The van der Waals surface area contributed by atoms with Crippen molar-refractivity contribution in [3.8, 4) is 5.69 Å². The number of hydrogen-bond acceptors (Lipinski definition) is 1. The molecular weight excluding hydrogens is 174 g/mol. The Bertz CT molecular complexity index is 491. The number of rotatable bonds is 1. The van der Waals surface area contributed by atoms with Gasteiger partial charge in [0.25, 0.3) is 0 Å². The van der Waals surface area contributed by atoms with Crippen LogP contribution in [0.25, 0.3) is 5.69 Å². The molecule has 0 atom stereocenters. The first-order chi connectivity index (χ1) is 6.70. The van der Waals surface area contributed by atoms with Crippen LogP contribution in [-0.4, -0.2) is 9.36 Å². The van der Waals surface area contributed by atoms with Crippen molar-refractivity contribution < 1.29 is 0 Å². The summed E-state index contributed by atoms with van der Waals surface area (Å²) < 4.78 is 3.84. The Kier molecular flexibility index (Phi) is 2.00. The minimum Gasteiger partial charge on any atom is -0.283 e. The lowest BCUT2D eigenvalue weighted by atomic mass is 10.3. The third-order valence-corrected chi connectivity index (χ3v) is 2.33. The van der Waals surface area contributed by atoms with Crippen LogP contribution in [-0.2, 0) is 7.05 Å². The van der Waals surface area contributed by atoms with Crippen LogP contribution in [0.5, 0.6) is 0 Å². The summed E-state index contributed by atoms with van der Waals surface area (Å²) in [5, 5.41) is 7.67. The van der Waals surface area contributed by atoms with E-state index in [4.69, 9.17) is 5.41 Å². The number of hydrogen-bond donors (Lipinski definition) is 1. The molecule has 2 aromatic rings. The smallest absolute Gasteiger partial charge is 0.141 e. The summed E-state index contributed by atoms with van der Waals surface area (Å²) >= 11 is 0. The van der Waals surface area contributed by atoms with Crippen LogP contribution in [0.3, 0.4) is 0 Å². The third kappa shape index (κ3) is 1.27. The maximum absolute atomic E-state index is 7.67. The standard InChI is InChI=1S/C11H13N3/c1-9-8-11(12)13(2)14(9)10-6-4-3-5-7-10/h3-8,12H,1-2H3. The molecule has 3 heteroatoms. The van der Waals surface area contributed by atoms with Crippen molar-refractivity contribution in [3.05, 3.63) is 47.6 Å². The predicted octanol–water partition coefficient (Wildman–Crippen LogP) is 1.60. The highest BCUT2D eigenvalue weighted by Gasteiger charge is 2.03. The van der Waals surface area contributed by atoms with Crippen LogP contribution >= 0.6 is 0 Å². The van der Waals surface area contributed by atoms with Crippen LogP contribution < -0.4 is 5.49 Å². The van der Waals surface area contributed by atoms with Gasteiger partial charge in [0.1, 0.15) is 5.49 Å². The van der Waals surface area contributed by atoms with Crippen molar-refractivity contribution in [2.24, 2.45) is 7.05 Å². The molecule has 72 valence electrons. The molecule has 0 radical (unpaired) electrons. The van der Waals surface area contributed by atoms with Crippen molar-refractivity contribution in [3.63, 3.8) is 0 Å². The lowest BCUT2D eigenvalue weighted by molar-refractivity contribution is 0.615. The number of aryl methyl sites for hydroxylation is 1. The predicted molar refractivity (Wildman–Crippen MR) is 55.3 cm³/mol. The zero-order chi connectivity index (χ0) is 10.1. The van der Waals surface area contributed by atoms with Gasteiger partial charge < -0.3 is 0 Å². The molecule has 2 rings (SSSR count). The SMILES string of the molecule is Cc1cc(=N)n(C)n1-c1ccccc1. The highest BCUT2D eigenvalue weighted by atomic mass is 15.4. The molecule has 1 heterocycles. The number of nitrogens with one attached hydrogen (secondary N) is 1. The Balaban J connectivity index is 2.69. The van der Waals surface area contributed by atoms with Gasteiger partial charge in [-0.2, -0.15) is 0 Å². The molecule has 0 aliphatic rings. The van der Waals surface area contributed by atoms with E-state index in [2.05, 4.69) is 0 Å². The molecule has 0 saturated carbocycles. The Morgan fingerprint density at radius 2 is 1.79 bits per heavy atom. The Morgan fingerprint density at radius 3 is 2.29 bits per heavy atom. The first kappa shape index (κ1) is 8.81. The van der Waals surface area contributed by atoms with Crippen molar-refractivity contribution in [1.82, 2.24) is 9.36 Å². The minimum atomic E-state index is 0.520. The molecule has 0 saturated heterocycles. The van der Waals surface area contributed by atoms with E-state index >= 15 is 0 Å². The summed E-state index contributed by atoms with van der Waals surface area (Å²) in [5.41, 5.74) is 2.68. The summed E-state index contributed by atoms with van der Waals surface area (Å²) in [6.45, 7) is 2.00. The van der Waals surface area contributed by atoms with Gasteiger partial charge in [-0.15, -0.1) is 0 Å². The van der Waals surface area contributed by atoms with Crippen LogP contribution in [0.1, 0.15) is 5.69 Å². The second kappa shape index (κ2) is 3.18. The quantitative estimate of drug-likeness (QED) is 0.703. The van der Waals surface area contributed by atoms with E-state index in [1.54, 1.807) is 0 Å². The fourth-order valence-corrected chi connectivity index (χ4v) is 1.64. The second-order valence-electron chi connectivity index (χ2n) is 3.34. The van der Waals surface area contributed by atoms with E-state index in [0.717, 1.165) is 11.4 Å². The van der Waals surface area contributed by atoms with Gasteiger partial charge in [0.15, 0.2) is 0 Å². The third-order valence-electron chi connectivity index (χ3n) is 2.33. The fraction of sp³-hybridized carbons (Fsp3) is 0.182. The molecule has 1 N–H and O–H groups in total. The highest BCUT2D eigenvalue weighted by Crippen LogP contribution is 2.08. The van der Waals surface area contributed by atoms with Gasteiger partial charge >= 0.3 is 0 Å². The topological polar surface area (TPSA) is 33.7 Å². The molecule has 0 aliphatic heterocycles. The van der Waals surface area contributed by atoms with Gasteiger partial charge in [-0.05, 0) is 19.1 Å². The number of nitrogens with zero attached hydrogens (tertiary/aromatic N) is 2. The molecule has 0 spiro atoms. The zero-order valence-electron chi connectivity index (χ0n) is 8.36. The molecular formula is C11H13N3. The first-order valence-corrected chi connectivity index (χ1v) is 4.56. The molecule has 0 unspecified atom stereocenters. The minimum absolute atomic E-state index is 0.520. The lowest BCUT2D eigenvalue weighted by Crippen LogP contribution is -2.18. The summed E-state index contributed by atoms with van der Waals surface area (Å²) in [6.07, 6.45) is 0. The summed E-state index contributed by atoms with van der Waals surface area (Å²) in [5.74, 6) is 0. The van der Waals surface area contributed by atoms with Crippen molar-refractivity contribution in [1.29, 1.82) is 5.41 Å². The molecule has 0 amide bonds. The lowest BCUT2D eigenvalue weighted by Gasteiger charge is -2.09. The fourth-order valence-electron chi connectivity index (χ4n) is 1.64. The summed E-state index contributed by atoms with van der Waals surface area (Å²) in [4.78, 5) is 0. The van der Waals surface area contributed by atoms with Crippen molar-refractivity contribution >= 4 is 0 Å². The second-order valence-corrected chi connectivity index (χ2v) is 3.34. The average molecular weight is 187 g/mol. The Morgan fingerprint density at radius 1 is 1.14 bits per heavy atom. The van der Waals surface area contributed by atoms with Crippen molar-refractivity contribution in [2.75, 3.05) is 0 Å². The first-order valence-electron chi connectivity index (χ1n) is 4.56. The summed E-state index contributed by atoms with van der Waals surface area (Å²) in [6, 6.07) is 11.9. The van der Waals surface area contributed by atoms with Crippen LogP contribution in [0.15, 0.2) is 36.4 Å². The van der Waals surface area contributed by atoms with Gasteiger partial charge in [-0.25, -0.2) is 0 Å². The zero-order valence-corrected chi connectivity index (χ0v) is 8.36. The van der Waals surface area contributed by atoms with E-state index in [1.165, 1.54) is 0 Å². The molecule has 1 aromatic carbocycles. The van der Waals surface area contributed by atoms with E-state index in [-0.39, 0.29) is 0 Å². The van der Waals surface area contributed by atoms with E-state index < -0.39 is 0 Å². The monoisotopic (exact) mass is 187 g/mol. The van der Waals surface area contributed by atoms with Crippen LogP contribution in [0.4, 0.5) is 0 Å². The molecule has 14 heavy (non-hydrogen) atoms. The molecule has 0 bridgehead atoms. The largest absolute Gasteiger partial charge is 0.283 e. The van der Waals surface area contributed by atoms with Gasteiger partial charge in [0.05, 0.1) is 5.69 Å². The van der Waals surface area contributed by atoms with Gasteiger partial charge in [-0.3, -0.25) is 14.8 Å². The maximum Gasteiger partial charge on any atom is 0.141 e. The van der Waals surface area contributed by atoms with Gasteiger partial charge in [-0.1, -0.05) is 18.2 Å². The maximum atomic E-state index is 7.67. The average Bonchev–Trinajstić information content (AvgIpc) is 2.43. The van der Waals surface area contributed by atoms with Crippen LogP contribution in [0, 0.1) is 12.3 Å². The Hall–Kier alpha value is -1.77. The molecule has 1 aromatic heterocycles. The molecule has 0 aliphatic carbocycles. The highest BCUT2D eigenvalue weighted by molar-refractivity contribution is 5.32. The summed E-state index contributed by atoms with van der Waals surface area (Å²) in [7, 11) is 1.89.